The van der Waals surface area contributed by atoms with E-state index in [0.717, 1.165) is 3.57 Å². The fraction of sp³-hybridized carbons (Fsp3) is 0.571. The topological polar surface area (TPSA) is 50.1 Å². The van der Waals surface area contributed by atoms with Crippen LogP contribution in [0.1, 0.15) is 0 Å². The minimum atomic E-state index is -0.370. The van der Waals surface area contributed by atoms with Gasteiger partial charge in [0, 0.05) is 12.7 Å². The second-order valence-electron chi connectivity index (χ2n) is 2.59. The molecule has 0 saturated carbocycles. The van der Waals surface area contributed by atoms with Crippen molar-refractivity contribution in [2.45, 2.75) is 12.6 Å². The minimum absolute atomic E-state index is 0.370. The molecule has 0 saturated heterocycles. The molecule has 1 unspecified atom stereocenters. The first-order chi connectivity index (χ1) is 5.72. The van der Waals surface area contributed by atoms with E-state index in [2.05, 4.69) is 33.0 Å². The summed E-state index contributed by atoms with van der Waals surface area (Å²) in [5.41, 5.74) is 0. The molecule has 0 radical (unpaired) electrons. The van der Waals surface area contributed by atoms with E-state index in [1.54, 1.807) is 10.9 Å². The number of likely N-dealkylation sites (N-methyl/N-ethyl adjacent to an activating group) is 1. The molecule has 0 bridgehead atoms. The molecule has 0 amide bonds. The largest absolute Gasteiger partial charge is 0.390 e. The lowest BCUT2D eigenvalue weighted by atomic mass is 10.3. The van der Waals surface area contributed by atoms with Crippen LogP contribution in [-0.4, -0.2) is 34.6 Å². The van der Waals surface area contributed by atoms with Crippen LogP contribution < -0.4 is 5.32 Å². The van der Waals surface area contributed by atoms with Crippen molar-refractivity contribution < 1.29 is 5.11 Å². The Morgan fingerprint density at radius 3 is 3.08 bits per heavy atom. The smallest absolute Gasteiger partial charge is 0.0860 e. The molecule has 5 heteroatoms. The Balaban J connectivity index is 2.41. The standard InChI is InChI=1S/C7H12IN3O/c1-9-3-7(12)5-11-4-6(8)2-10-11/h2,4,7,9,12H,3,5H2,1H3. The molecule has 1 heterocycles. The van der Waals surface area contributed by atoms with Crippen molar-refractivity contribution in [3.63, 3.8) is 0 Å². The Labute approximate surface area is 85.1 Å². The molecule has 0 aliphatic rings. The molecule has 12 heavy (non-hydrogen) atoms. The molecular formula is C7H12IN3O. The van der Waals surface area contributed by atoms with Gasteiger partial charge in [-0.1, -0.05) is 0 Å². The third kappa shape index (κ3) is 3.08. The summed E-state index contributed by atoms with van der Waals surface area (Å²) in [7, 11) is 1.82. The van der Waals surface area contributed by atoms with Crippen molar-refractivity contribution >= 4 is 22.6 Å². The summed E-state index contributed by atoms with van der Waals surface area (Å²) in [6, 6.07) is 0. The first-order valence-electron chi connectivity index (χ1n) is 3.73. The molecule has 0 fully saturated rings. The molecule has 0 aliphatic heterocycles. The number of hydrogen-bond acceptors (Lipinski definition) is 3. The van der Waals surface area contributed by atoms with E-state index < -0.39 is 0 Å². The molecule has 2 N–H and O–H groups in total. The average Bonchev–Trinajstić information content (AvgIpc) is 2.36. The molecule has 1 aromatic rings. The van der Waals surface area contributed by atoms with E-state index >= 15 is 0 Å². The van der Waals surface area contributed by atoms with Gasteiger partial charge in [0.05, 0.1) is 22.4 Å². The summed E-state index contributed by atoms with van der Waals surface area (Å²) < 4.78 is 2.83. The molecule has 1 rings (SSSR count). The van der Waals surface area contributed by atoms with Crippen molar-refractivity contribution in [2.75, 3.05) is 13.6 Å². The summed E-state index contributed by atoms with van der Waals surface area (Å²) in [6.07, 6.45) is 3.30. The predicted molar refractivity (Wildman–Crippen MR) is 54.9 cm³/mol. The highest BCUT2D eigenvalue weighted by Crippen LogP contribution is 2.01. The van der Waals surface area contributed by atoms with Crippen LogP contribution in [0, 0.1) is 3.57 Å². The zero-order valence-electron chi connectivity index (χ0n) is 6.87. The highest BCUT2D eigenvalue weighted by Gasteiger charge is 2.03. The maximum atomic E-state index is 9.39. The van der Waals surface area contributed by atoms with Gasteiger partial charge in [-0.25, -0.2) is 0 Å². The third-order valence-corrected chi connectivity index (χ3v) is 2.00. The van der Waals surface area contributed by atoms with E-state index in [1.165, 1.54) is 0 Å². The molecule has 1 aromatic heterocycles. The highest BCUT2D eigenvalue weighted by atomic mass is 127. The quantitative estimate of drug-likeness (QED) is 0.768. The maximum absolute atomic E-state index is 9.39. The van der Waals surface area contributed by atoms with Crippen LogP contribution in [0.4, 0.5) is 0 Å². The van der Waals surface area contributed by atoms with E-state index in [0.29, 0.717) is 13.1 Å². The molecule has 68 valence electrons. The number of nitrogens with zero attached hydrogens (tertiary/aromatic N) is 2. The molecule has 1 atom stereocenters. The van der Waals surface area contributed by atoms with E-state index in [-0.39, 0.29) is 6.10 Å². The van der Waals surface area contributed by atoms with Crippen LogP contribution in [0.3, 0.4) is 0 Å². The van der Waals surface area contributed by atoms with Gasteiger partial charge in [-0.05, 0) is 29.6 Å². The Morgan fingerprint density at radius 2 is 2.58 bits per heavy atom. The second-order valence-corrected chi connectivity index (χ2v) is 3.84. The fourth-order valence-electron chi connectivity index (χ4n) is 0.954. The summed E-state index contributed by atoms with van der Waals surface area (Å²) >= 11 is 2.19. The van der Waals surface area contributed by atoms with Crippen molar-refractivity contribution in [1.82, 2.24) is 15.1 Å². The molecule has 0 aliphatic carbocycles. The van der Waals surface area contributed by atoms with E-state index in [1.807, 2.05) is 13.2 Å². The Morgan fingerprint density at radius 1 is 1.83 bits per heavy atom. The van der Waals surface area contributed by atoms with Crippen molar-refractivity contribution in [3.05, 3.63) is 16.0 Å². The molecule has 0 aromatic carbocycles. The van der Waals surface area contributed by atoms with Gasteiger partial charge in [-0.2, -0.15) is 5.10 Å². The zero-order chi connectivity index (χ0) is 8.97. The summed E-state index contributed by atoms with van der Waals surface area (Å²) in [4.78, 5) is 0. The SMILES string of the molecule is CNCC(O)Cn1cc(I)cn1. The number of aromatic nitrogens is 2. The number of aliphatic hydroxyl groups is 1. The molecule has 0 spiro atoms. The van der Waals surface area contributed by atoms with Crippen LogP contribution in [-0.2, 0) is 6.54 Å². The average molecular weight is 281 g/mol. The summed E-state index contributed by atoms with van der Waals surface area (Å²) in [5.74, 6) is 0. The first-order valence-corrected chi connectivity index (χ1v) is 4.81. The molecular weight excluding hydrogens is 269 g/mol. The third-order valence-electron chi connectivity index (χ3n) is 1.44. The van der Waals surface area contributed by atoms with Gasteiger partial charge in [-0.15, -0.1) is 0 Å². The van der Waals surface area contributed by atoms with Crippen LogP contribution >= 0.6 is 22.6 Å². The lowest BCUT2D eigenvalue weighted by Gasteiger charge is -2.08. The zero-order valence-corrected chi connectivity index (χ0v) is 9.02. The van der Waals surface area contributed by atoms with Gasteiger partial charge in [0.2, 0.25) is 0 Å². The van der Waals surface area contributed by atoms with Gasteiger partial charge < -0.3 is 10.4 Å². The van der Waals surface area contributed by atoms with Crippen molar-refractivity contribution in [3.8, 4) is 0 Å². The van der Waals surface area contributed by atoms with Crippen LogP contribution in [0.15, 0.2) is 12.4 Å². The number of halogens is 1. The first kappa shape index (κ1) is 9.94. The van der Waals surface area contributed by atoms with Gasteiger partial charge in [0.15, 0.2) is 0 Å². The van der Waals surface area contributed by atoms with Crippen LogP contribution in [0.25, 0.3) is 0 Å². The highest BCUT2D eigenvalue weighted by molar-refractivity contribution is 14.1. The molecule has 4 nitrogen and oxygen atoms in total. The second kappa shape index (κ2) is 4.78. The number of hydrogen-bond donors (Lipinski definition) is 2. The van der Waals surface area contributed by atoms with Crippen molar-refractivity contribution in [1.29, 1.82) is 0 Å². The Bertz CT molecular complexity index is 238. The van der Waals surface area contributed by atoms with Crippen LogP contribution in [0.2, 0.25) is 0 Å². The monoisotopic (exact) mass is 281 g/mol. The number of nitrogens with one attached hydrogen (secondary N) is 1. The maximum Gasteiger partial charge on any atom is 0.0860 e. The lowest BCUT2D eigenvalue weighted by molar-refractivity contribution is 0.149. The van der Waals surface area contributed by atoms with Gasteiger partial charge in [-0.3, -0.25) is 4.68 Å². The van der Waals surface area contributed by atoms with Gasteiger partial charge in [0.1, 0.15) is 0 Å². The van der Waals surface area contributed by atoms with E-state index in [9.17, 15) is 5.11 Å². The number of rotatable bonds is 4. The Hall–Kier alpha value is -0.140. The summed E-state index contributed by atoms with van der Waals surface area (Å²) in [5, 5.41) is 16.3. The van der Waals surface area contributed by atoms with Gasteiger partial charge >= 0.3 is 0 Å². The normalized spacial score (nSPS) is 13.2. The summed E-state index contributed by atoms with van der Waals surface area (Å²) in [6.45, 7) is 1.14. The van der Waals surface area contributed by atoms with E-state index in [4.69, 9.17) is 0 Å². The van der Waals surface area contributed by atoms with Crippen LogP contribution in [0.5, 0.6) is 0 Å². The number of aliphatic hydroxyl groups excluding tert-OH is 1. The van der Waals surface area contributed by atoms with Crippen molar-refractivity contribution in [2.24, 2.45) is 0 Å². The predicted octanol–water partition coefficient (Wildman–Crippen LogP) is 0.0680. The Kier molecular flexibility index (Phi) is 3.96. The fourth-order valence-corrected chi connectivity index (χ4v) is 1.40. The minimum Gasteiger partial charge on any atom is -0.390 e. The lowest BCUT2D eigenvalue weighted by Crippen LogP contribution is -2.27. The van der Waals surface area contributed by atoms with Gasteiger partial charge in [0.25, 0.3) is 0 Å².